The number of piperazine rings is 1. The van der Waals surface area contributed by atoms with Crippen LogP contribution in [-0.2, 0) is 21.1 Å². The van der Waals surface area contributed by atoms with Gasteiger partial charge in [-0.3, -0.25) is 4.79 Å². The van der Waals surface area contributed by atoms with Gasteiger partial charge in [-0.25, -0.2) is 9.78 Å². The molecule has 2 aliphatic rings. The molecule has 4 rings (SSSR count). The summed E-state index contributed by atoms with van der Waals surface area (Å²) in [6, 6.07) is 5.68. The molecule has 0 radical (unpaired) electrons. The number of hydrogen-bond acceptors (Lipinski definition) is 8. The Morgan fingerprint density at radius 1 is 1.16 bits per heavy atom. The number of aryl methyl sites for hydroxylation is 1. The van der Waals surface area contributed by atoms with Crippen molar-refractivity contribution in [2.75, 3.05) is 29.9 Å². The smallest absolute Gasteiger partial charge is 0.444 e. The molecule has 1 atom stereocenters. The van der Waals surface area contributed by atoms with Gasteiger partial charge in [-0.2, -0.15) is 0 Å². The maximum absolute atomic E-state index is 12.9. The van der Waals surface area contributed by atoms with Gasteiger partial charge >= 0.3 is 13.2 Å². The molecule has 38 heavy (non-hydrogen) atoms. The minimum atomic E-state index is -0.580. The lowest BCUT2D eigenvalue weighted by atomic mass is 9.80. The van der Waals surface area contributed by atoms with E-state index in [1.54, 1.807) is 30.4 Å². The van der Waals surface area contributed by atoms with Gasteiger partial charge in [0.05, 0.1) is 23.1 Å². The molecule has 2 saturated heterocycles. The van der Waals surface area contributed by atoms with Crippen molar-refractivity contribution in [3.05, 3.63) is 40.9 Å². The minimum Gasteiger partial charge on any atom is -0.444 e. The molecule has 11 heteroatoms. The summed E-state index contributed by atoms with van der Waals surface area (Å²) in [6.07, 6.45) is 3.24. The van der Waals surface area contributed by atoms with Crippen LogP contribution < -0.4 is 21.2 Å². The highest BCUT2D eigenvalue weighted by atomic mass is 16.7. The highest BCUT2D eigenvalue weighted by molar-refractivity contribution is 6.62. The van der Waals surface area contributed by atoms with Crippen LogP contribution in [0.25, 0.3) is 0 Å². The van der Waals surface area contributed by atoms with Crippen LogP contribution in [0.3, 0.4) is 0 Å². The predicted octanol–water partition coefficient (Wildman–Crippen LogP) is 3.27. The van der Waals surface area contributed by atoms with E-state index < -0.39 is 23.9 Å². The molecule has 0 spiro atoms. The fourth-order valence-electron chi connectivity index (χ4n) is 4.54. The number of carbonyl (C=O) groups excluding carboxylic acids is 1. The summed E-state index contributed by atoms with van der Waals surface area (Å²) in [5, 5.41) is 3.16. The Hall–Kier alpha value is -3.05. The monoisotopic (exact) mass is 525 g/mol. The third kappa shape index (κ3) is 5.83. The molecule has 2 aromatic heterocycles. The van der Waals surface area contributed by atoms with Crippen molar-refractivity contribution < 1.29 is 18.8 Å². The van der Waals surface area contributed by atoms with E-state index in [0.29, 0.717) is 31.1 Å². The van der Waals surface area contributed by atoms with Crippen molar-refractivity contribution in [2.45, 2.75) is 78.2 Å². The second kappa shape index (κ2) is 9.92. The fraction of sp³-hybridized carbons (Fsp3) is 0.593. The van der Waals surface area contributed by atoms with Crippen LogP contribution in [-0.4, -0.2) is 70.1 Å². The van der Waals surface area contributed by atoms with Gasteiger partial charge in [-0.15, -0.1) is 0 Å². The maximum atomic E-state index is 12.9. The van der Waals surface area contributed by atoms with Crippen molar-refractivity contribution in [1.82, 2.24) is 14.5 Å². The number of hydrogen-bond donors (Lipinski definition) is 1. The fourth-order valence-corrected chi connectivity index (χ4v) is 4.54. The van der Waals surface area contributed by atoms with Gasteiger partial charge in [0.2, 0.25) is 0 Å². The summed E-state index contributed by atoms with van der Waals surface area (Å²) >= 11 is 0. The first kappa shape index (κ1) is 28.0. The van der Waals surface area contributed by atoms with E-state index >= 15 is 0 Å². The van der Waals surface area contributed by atoms with Crippen LogP contribution in [0.5, 0.6) is 0 Å². The zero-order chi connectivity index (χ0) is 28.0. The Labute approximate surface area is 225 Å². The first-order valence-corrected chi connectivity index (χ1v) is 13.1. The maximum Gasteiger partial charge on any atom is 0.496 e. The average Bonchev–Trinajstić information content (AvgIpc) is 3.03. The number of pyridine rings is 2. The molecule has 2 aliphatic heterocycles. The number of anilines is 3. The summed E-state index contributed by atoms with van der Waals surface area (Å²) in [5.41, 5.74) is 0.434. The molecule has 1 N–H and O–H groups in total. The van der Waals surface area contributed by atoms with E-state index in [2.05, 4.69) is 22.1 Å². The van der Waals surface area contributed by atoms with Gasteiger partial charge in [0, 0.05) is 44.4 Å². The Morgan fingerprint density at radius 3 is 2.37 bits per heavy atom. The number of amides is 1. The molecule has 0 aromatic carbocycles. The molecule has 2 aromatic rings. The lowest BCUT2D eigenvalue weighted by Crippen LogP contribution is -2.54. The molecular formula is C27H40BN5O5. The average molecular weight is 525 g/mol. The Kier molecular flexibility index (Phi) is 7.31. The Balaban J connectivity index is 1.45. The van der Waals surface area contributed by atoms with Crippen LogP contribution in [0.15, 0.2) is 35.4 Å². The molecule has 0 saturated carbocycles. The van der Waals surface area contributed by atoms with Gasteiger partial charge in [0.15, 0.2) is 0 Å². The van der Waals surface area contributed by atoms with Crippen molar-refractivity contribution >= 4 is 35.9 Å². The summed E-state index contributed by atoms with van der Waals surface area (Å²) in [5.74, 6) is 0.553. The van der Waals surface area contributed by atoms with E-state index in [0.717, 1.165) is 11.2 Å². The van der Waals surface area contributed by atoms with Crippen molar-refractivity contribution in [3.63, 3.8) is 0 Å². The van der Waals surface area contributed by atoms with Crippen LogP contribution >= 0.6 is 0 Å². The van der Waals surface area contributed by atoms with E-state index in [1.807, 2.05) is 60.6 Å². The van der Waals surface area contributed by atoms with Crippen LogP contribution in [0, 0.1) is 0 Å². The van der Waals surface area contributed by atoms with Crippen molar-refractivity contribution in [2.24, 2.45) is 7.05 Å². The van der Waals surface area contributed by atoms with E-state index in [9.17, 15) is 9.59 Å². The largest absolute Gasteiger partial charge is 0.496 e. The van der Waals surface area contributed by atoms with Crippen molar-refractivity contribution in [1.29, 1.82) is 0 Å². The molecule has 206 valence electrons. The summed E-state index contributed by atoms with van der Waals surface area (Å²) in [4.78, 5) is 33.9. The quantitative estimate of drug-likeness (QED) is 0.608. The SMILES string of the molecule is C[C@H]1CN(C(=O)OC(C)(C)C)CCN1c1ccc(Nc2cc(B3OC(C)(C)C(C)(C)O3)cn(C)c2=O)nc1. The molecule has 0 bridgehead atoms. The van der Waals surface area contributed by atoms with Crippen LogP contribution in [0.2, 0.25) is 0 Å². The number of ether oxygens (including phenoxy) is 1. The molecule has 0 unspecified atom stereocenters. The lowest BCUT2D eigenvalue weighted by Gasteiger charge is -2.41. The summed E-state index contributed by atoms with van der Waals surface area (Å²) < 4.78 is 19.4. The highest BCUT2D eigenvalue weighted by Gasteiger charge is 2.52. The molecule has 2 fully saturated rings. The minimum absolute atomic E-state index is 0.0979. The van der Waals surface area contributed by atoms with E-state index in [1.165, 1.54) is 4.57 Å². The third-order valence-electron chi connectivity index (χ3n) is 7.35. The summed E-state index contributed by atoms with van der Waals surface area (Å²) in [6.45, 7) is 17.5. The van der Waals surface area contributed by atoms with Gasteiger partial charge in [-0.1, -0.05) is 0 Å². The second-order valence-electron chi connectivity index (χ2n) is 12.2. The highest BCUT2D eigenvalue weighted by Crippen LogP contribution is 2.36. The lowest BCUT2D eigenvalue weighted by molar-refractivity contribution is 0.00578. The van der Waals surface area contributed by atoms with Gasteiger partial charge in [0.25, 0.3) is 5.56 Å². The first-order chi connectivity index (χ1) is 17.6. The van der Waals surface area contributed by atoms with Crippen LogP contribution in [0.1, 0.15) is 55.4 Å². The molecule has 1 amide bonds. The van der Waals surface area contributed by atoms with Gasteiger partial charge in [0.1, 0.15) is 17.1 Å². The standard InChI is InChI=1S/C27H40BN5O5/c1-18-16-32(24(35)36-25(2,3)4)12-13-33(18)20-10-11-22(29-15-20)30-21-14-19(17-31(9)23(21)34)28-37-26(5,6)27(7,8)38-28/h10-11,14-15,17-18H,12-13,16H2,1-9H3,(H,29,30)/t18-/m0/s1. The zero-order valence-electron chi connectivity index (χ0n) is 24.0. The molecule has 4 heterocycles. The number of rotatable bonds is 4. The van der Waals surface area contributed by atoms with Crippen LogP contribution in [0.4, 0.5) is 22.0 Å². The van der Waals surface area contributed by atoms with E-state index in [-0.39, 0.29) is 17.7 Å². The third-order valence-corrected chi connectivity index (χ3v) is 7.35. The predicted molar refractivity (Wildman–Crippen MR) is 150 cm³/mol. The summed E-state index contributed by atoms with van der Waals surface area (Å²) in [7, 11) is 1.13. The Bertz CT molecular complexity index is 1220. The van der Waals surface area contributed by atoms with Gasteiger partial charge < -0.3 is 33.7 Å². The number of carbonyl (C=O) groups is 1. The topological polar surface area (TPSA) is 98.2 Å². The Morgan fingerprint density at radius 2 is 1.82 bits per heavy atom. The van der Waals surface area contributed by atoms with Gasteiger partial charge in [-0.05, 0) is 73.6 Å². The van der Waals surface area contributed by atoms with Crippen molar-refractivity contribution in [3.8, 4) is 0 Å². The molecule has 10 nitrogen and oxygen atoms in total. The molecular weight excluding hydrogens is 485 g/mol. The number of nitrogens with zero attached hydrogens (tertiary/aromatic N) is 4. The second-order valence-corrected chi connectivity index (χ2v) is 12.2. The van der Waals surface area contributed by atoms with E-state index in [4.69, 9.17) is 14.0 Å². The normalized spacial score (nSPS) is 21.0. The molecule has 0 aliphatic carbocycles. The number of nitrogens with one attached hydrogen (secondary N) is 1. The first-order valence-electron chi connectivity index (χ1n) is 13.1. The number of aromatic nitrogens is 2. The zero-order valence-corrected chi connectivity index (χ0v) is 24.0.